The molecule has 2 amide bonds. The third-order valence-electron chi connectivity index (χ3n) is 3.22. The van der Waals surface area contributed by atoms with Gasteiger partial charge in [-0.1, -0.05) is 20.3 Å². The largest absolute Gasteiger partial charge is 0.395 e. The van der Waals surface area contributed by atoms with Gasteiger partial charge in [0.2, 0.25) is 11.8 Å². The van der Waals surface area contributed by atoms with Crippen LogP contribution in [0, 0.1) is 0 Å². The Morgan fingerprint density at radius 2 is 0.880 bits per heavy atom. The molecule has 0 saturated carbocycles. The molecule has 8 nitrogen and oxygen atoms in total. The zero-order valence-electron chi connectivity index (χ0n) is 15.7. The van der Waals surface area contributed by atoms with Crippen LogP contribution in [0.1, 0.15) is 46.0 Å². The predicted molar refractivity (Wildman–Crippen MR) is 95.9 cm³/mol. The number of nitrogens with zero attached hydrogens (tertiary/aromatic N) is 2. The first kappa shape index (κ1) is 26.0. The lowest BCUT2D eigenvalue weighted by molar-refractivity contribution is -0.134. The van der Waals surface area contributed by atoms with Crippen LogP contribution in [-0.4, -0.2) is 94.6 Å². The van der Waals surface area contributed by atoms with Crippen molar-refractivity contribution >= 4 is 11.8 Å². The van der Waals surface area contributed by atoms with Crippen molar-refractivity contribution in [2.24, 2.45) is 0 Å². The molecule has 0 bridgehead atoms. The van der Waals surface area contributed by atoms with Crippen molar-refractivity contribution in [2.75, 3.05) is 52.6 Å². The Morgan fingerprint density at radius 3 is 1.08 bits per heavy atom. The molecular weight excluding hydrogens is 328 g/mol. The lowest BCUT2D eigenvalue weighted by Gasteiger charge is -2.21. The van der Waals surface area contributed by atoms with Gasteiger partial charge in [-0.25, -0.2) is 0 Å². The molecule has 0 aromatic rings. The van der Waals surface area contributed by atoms with Crippen LogP contribution < -0.4 is 0 Å². The molecule has 0 aliphatic heterocycles. The molecule has 150 valence electrons. The molecule has 0 spiro atoms. The average Bonchev–Trinajstić information content (AvgIpc) is 2.58. The van der Waals surface area contributed by atoms with Crippen LogP contribution in [0.5, 0.6) is 0 Å². The van der Waals surface area contributed by atoms with E-state index in [1.807, 2.05) is 0 Å². The van der Waals surface area contributed by atoms with Crippen molar-refractivity contribution in [1.82, 2.24) is 9.80 Å². The maximum Gasteiger partial charge on any atom is 0.222 e. The van der Waals surface area contributed by atoms with Crippen molar-refractivity contribution < 1.29 is 30.0 Å². The van der Waals surface area contributed by atoms with E-state index in [0.717, 1.165) is 0 Å². The number of aliphatic hydroxyl groups is 4. The van der Waals surface area contributed by atoms with Crippen LogP contribution in [0.4, 0.5) is 0 Å². The van der Waals surface area contributed by atoms with Crippen LogP contribution in [-0.2, 0) is 9.59 Å². The standard InChI is InChI=1S/C14H28N2O6.C3H8/c17-9-5-15(6-10-18)13(21)3-1-2-4-14(22)16(7-11-19)8-12-20;1-3-2/h17-20H,1-12H2;3H2,1-2H3. The summed E-state index contributed by atoms with van der Waals surface area (Å²) in [7, 11) is 0. The normalized spacial score (nSPS) is 10.0. The van der Waals surface area contributed by atoms with Gasteiger partial charge in [-0.3, -0.25) is 9.59 Å². The van der Waals surface area contributed by atoms with Gasteiger partial charge in [-0.2, -0.15) is 0 Å². The van der Waals surface area contributed by atoms with Crippen molar-refractivity contribution in [2.45, 2.75) is 46.0 Å². The smallest absolute Gasteiger partial charge is 0.222 e. The molecule has 0 heterocycles. The summed E-state index contributed by atoms with van der Waals surface area (Å²) in [5.74, 6) is -0.309. The fraction of sp³-hybridized carbons (Fsp3) is 0.882. The minimum atomic E-state index is -0.155. The van der Waals surface area contributed by atoms with E-state index in [0.29, 0.717) is 12.8 Å². The van der Waals surface area contributed by atoms with E-state index in [1.54, 1.807) is 0 Å². The Labute approximate surface area is 151 Å². The van der Waals surface area contributed by atoms with Crippen molar-refractivity contribution in [3.8, 4) is 0 Å². The summed E-state index contributed by atoms with van der Waals surface area (Å²) in [5, 5.41) is 35.4. The highest BCUT2D eigenvalue weighted by molar-refractivity contribution is 5.77. The molecule has 0 atom stereocenters. The molecule has 0 rings (SSSR count). The van der Waals surface area contributed by atoms with E-state index >= 15 is 0 Å². The first-order valence-electron chi connectivity index (χ1n) is 9.01. The van der Waals surface area contributed by atoms with Gasteiger partial charge < -0.3 is 30.2 Å². The van der Waals surface area contributed by atoms with Crippen LogP contribution in [0.25, 0.3) is 0 Å². The SMILES string of the molecule is CCC.O=C(CCCCC(=O)N(CCO)CCO)N(CCO)CCO. The lowest BCUT2D eigenvalue weighted by atomic mass is 10.1. The molecule has 0 fully saturated rings. The topological polar surface area (TPSA) is 122 Å². The highest BCUT2D eigenvalue weighted by atomic mass is 16.3. The van der Waals surface area contributed by atoms with Crippen molar-refractivity contribution in [3.63, 3.8) is 0 Å². The molecular formula is C17H36N2O6. The van der Waals surface area contributed by atoms with Gasteiger partial charge in [-0.05, 0) is 12.8 Å². The number of hydrogen-bond acceptors (Lipinski definition) is 6. The first-order valence-corrected chi connectivity index (χ1v) is 9.01. The van der Waals surface area contributed by atoms with Crippen molar-refractivity contribution in [1.29, 1.82) is 0 Å². The van der Waals surface area contributed by atoms with E-state index < -0.39 is 0 Å². The van der Waals surface area contributed by atoms with Crippen molar-refractivity contribution in [3.05, 3.63) is 0 Å². The highest BCUT2D eigenvalue weighted by Gasteiger charge is 2.14. The second kappa shape index (κ2) is 19.1. The zero-order valence-corrected chi connectivity index (χ0v) is 15.7. The van der Waals surface area contributed by atoms with Crippen LogP contribution in [0.3, 0.4) is 0 Å². The lowest BCUT2D eigenvalue weighted by Crippen LogP contribution is -2.36. The number of rotatable bonds is 13. The third-order valence-corrected chi connectivity index (χ3v) is 3.22. The van der Waals surface area contributed by atoms with Crippen LogP contribution in [0.15, 0.2) is 0 Å². The van der Waals surface area contributed by atoms with E-state index in [1.165, 1.54) is 16.2 Å². The van der Waals surface area contributed by atoms with Crippen LogP contribution in [0.2, 0.25) is 0 Å². The van der Waals surface area contributed by atoms with E-state index in [4.69, 9.17) is 20.4 Å². The second-order valence-corrected chi connectivity index (χ2v) is 5.57. The Hall–Kier alpha value is -1.22. The van der Waals surface area contributed by atoms with Gasteiger partial charge in [0.05, 0.1) is 26.4 Å². The number of carbonyl (C=O) groups is 2. The molecule has 8 heteroatoms. The van der Waals surface area contributed by atoms with E-state index in [-0.39, 0.29) is 77.3 Å². The van der Waals surface area contributed by atoms with Crippen LogP contribution >= 0.6 is 0 Å². The molecule has 0 aromatic heterocycles. The van der Waals surface area contributed by atoms with Gasteiger partial charge >= 0.3 is 0 Å². The summed E-state index contributed by atoms with van der Waals surface area (Å²) in [6.07, 6.45) is 2.83. The first-order chi connectivity index (χ1) is 12.0. The summed E-state index contributed by atoms with van der Waals surface area (Å²) in [4.78, 5) is 26.5. The fourth-order valence-corrected chi connectivity index (χ4v) is 2.07. The van der Waals surface area contributed by atoms with Gasteiger partial charge in [0.25, 0.3) is 0 Å². The molecule has 0 aromatic carbocycles. The summed E-state index contributed by atoms with van der Waals surface area (Å²) in [5.41, 5.74) is 0. The second-order valence-electron chi connectivity index (χ2n) is 5.57. The highest BCUT2D eigenvalue weighted by Crippen LogP contribution is 2.06. The summed E-state index contributed by atoms with van der Waals surface area (Å²) in [6.45, 7) is 4.42. The minimum absolute atomic E-state index is 0.151. The van der Waals surface area contributed by atoms with Gasteiger partial charge in [0.15, 0.2) is 0 Å². The quantitative estimate of drug-likeness (QED) is 0.330. The molecule has 0 aliphatic rings. The zero-order chi connectivity index (χ0) is 19.5. The summed E-state index contributed by atoms with van der Waals surface area (Å²) in [6, 6.07) is 0. The fourth-order valence-electron chi connectivity index (χ4n) is 2.07. The number of aliphatic hydroxyl groups excluding tert-OH is 4. The van der Waals surface area contributed by atoms with E-state index in [9.17, 15) is 9.59 Å². The molecule has 0 aliphatic carbocycles. The Kier molecular flexibility index (Phi) is 19.9. The maximum absolute atomic E-state index is 11.8. The van der Waals surface area contributed by atoms with Gasteiger partial charge in [0, 0.05) is 39.0 Å². The Balaban J connectivity index is 0. The average molecular weight is 364 g/mol. The number of hydrogen-bond donors (Lipinski definition) is 4. The molecule has 0 radical (unpaired) electrons. The molecule has 0 saturated heterocycles. The van der Waals surface area contributed by atoms with Gasteiger partial charge in [-0.15, -0.1) is 0 Å². The number of carbonyl (C=O) groups excluding carboxylic acids is 2. The predicted octanol–water partition coefficient (Wildman–Crippen LogP) is -0.410. The molecule has 0 unspecified atom stereocenters. The molecule has 4 N–H and O–H groups in total. The summed E-state index contributed by atoms with van der Waals surface area (Å²) < 4.78 is 0. The monoisotopic (exact) mass is 364 g/mol. The summed E-state index contributed by atoms with van der Waals surface area (Å²) >= 11 is 0. The van der Waals surface area contributed by atoms with Gasteiger partial charge in [0.1, 0.15) is 0 Å². The number of amides is 2. The Bertz CT molecular complexity index is 286. The Morgan fingerprint density at radius 1 is 0.640 bits per heavy atom. The minimum Gasteiger partial charge on any atom is -0.395 e. The third kappa shape index (κ3) is 14.8. The van der Waals surface area contributed by atoms with E-state index in [2.05, 4.69) is 13.8 Å². The number of unbranched alkanes of at least 4 members (excludes halogenated alkanes) is 1. The maximum atomic E-state index is 11.8. The molecule has 25 heavy (non-hydrogen) atoms.